The fraction of sp³-hybridized carbons (Fsp3) is 0.588. The average Bonchev–Trinajstić information content (AvgIpc) is 2.49. The van der Waals surface area contributed by atoms with Crippen molar-refractivity contribution in [2.24, 2.45) is 5.73 Å². The zero-order valence-corrected chi connectivity index (χ0v) is 13.9. The summed E-state index contributed by atoms with van der Waals surface area (Å²) in [6.07, 6.45) is 0. The van der Waals surface area contributed by atoms with E-state index in [0.29, 0.717) is 12.1 Å². The maximum atomic E-state index is 12.3. The van der Waals surface area contributed by atoms with Crippen molar-refractivity contribution in [3.8, 4) is 0 Å². The summed E-state index contributed by atoms with van der Waals surface area (Å²) in [6.45, 7) is 9.53. The van der Waals surface area contributed by atoms with Gasteiger partial charge >= 0.3 is 0 Å². The van der Waals surface area contributed by atoms with Gasteiger partial charge in [0.15, 0.2) is 0 Å². The molecular formula is C17H28N4O. The van der Waals surface area contributed by atoms with Crippen molar-refractivity contribution in [2.75, 3.05) is 39.8 Å². The summed E-state index contributed by atoms with van der Waals surface area (Å²) in [7, 11) is 2.15. The van der Waals surface area contributed by atoms with Crippen LogP contribution in [0.2, 0.25) is 0 Å². The lowest BCUT2D eigenvalue weighted by Gasteiger charge is -2.32. The SMILES string of the molecule is CN1CCN(Cc2cccc(C(=O)NC(C)(C)CN)c2)CC1. The standard InChI is InChI=1S/C17H28N4O/c1-17(2,13-18)19-16(22)15-6-4-5-14(11-15)12-21-9-7-20(3)8-10-21/h4-6,11H,7-10,12-13,18H2,1-3H3,(H,19,22). The third kappa shape index (κ3) is 4.80. The molecule has 0 radical (unpaired) electrons. The molecule has 2 rings (SSSR count). The van der Waals surface area contributed by atoms with Gasteiger partial charge in [-0.3, -0.25) is 9.69 Å². The second-order valence-corrected chi connectivity index (χ2v) is 6.82. The van der Waals surface area contributed by atoms with E-state index in [1.54, 1.807) is 0 Å². The van der Waals surface area contributed by atoms with Crippen LogP contribution < -0.4 is 11.1 Å². The number of amides is 1. The molecule has 1 amide bonds. The van der Waals surface area contributed by atoms with Crippen LogP contribution in [-0.4, -0.2) is 61.0 Å². The molecular weight excluding hydrogens is 276 g/mol. The molecule has 1 aromatic carbocycles. The average molecular weight is 304 g/mol. The van der Waals surface area contributed by atoms with E-state index in [1.807, 2.05) is 32.0 Å². The lowest BCUT2D eigenvalue weighted by atomic mass is 10.0. The van der Waals surface area contributed by atoms with E-state index >= 15 is 0 Å². The van der Waals surface area contributed by atoms with Gasteiger partial charge in [0.1, 0.15) is 0 Å². The molecule has 5 heteroatoms. The number of likely N-dealkylation sites (N-methyl/N-ethyl adjacent to an activating group) is 1. The molecule has 22 heavy (non-hydrogen) atoms. The van der Waals surface area contributed by atoms with Crippen LogP contribution in [0.15, 0.2) is 24.3 Å². The Morgan fingerprint density at radius 3 is 2.59 bits per heavy atom. The molecule has 1 heterocycles. The van der Waals surface area contributed by atoms with Crippen molar-refractivity contribution < 1.29 is 4.79 Å². The molecule has 122 valence electrons. The van der Waals surface area contributed by atoms with Crippen LogP contribution in [0.1, 0.15) is 29.8 Å². The van der Waals surface area contributed by atoms with Gasteiger partial charge in [-0.15, -0.1) is 0 Å². The van der Waals surface area contributed by atoms with Crippen LogP contribution in [0.3, 0.4) is 0 Å². The first-order chi connectivity index (χ1) is 10.4. The van der Waals surface area contributed by atoms with E-state index in [2.05, 4.69) is 28.2 Å². The van der Waals surface area contributed by atoms with Gasteiger partial charge in [0.05, 0.1) is 0 Å². The third-order valence-corrected chi connectivity index (χ3v) is 4.15. The smallest absolute Gasteiger partial charge is 0.251 e. The summed E-state index contributed by atoms with van der Waals surface area (Å²) in [5.41, 5.74) is 7.17. The van der Waals surface area contributed by atoms with Crippen LogP contribution in [0.25, 0.3) is 0 Å². The van der Waals surface area contributed by atoms with Crippen molar-refractivity contribution in [2.45, 2.75) is 25.9 Å². The first-order valence-electron chi connectivity index (χ1n) is 7.92. The third-order valence-electron chi connectivity index (χ3n) is 4.15. The van der Waals surface area contributed by atoms with Gasteiger partial charge in [0.2, 0.25) is 0 Å². The van der Waals surface area contributed by atoms with E-state index in [-0.39, 0.29) is 11.4 Å². The zero-order chi connectivity index (χ0) is 16.2. The van der Waals surface area contributed by atoms with E-state index in [1.165, 1.54) is 5.56 Å². The normalized spacial score (nSPS) is 17.5. The number of carbonyl (C=O) groups excluding carboxylic acids is 1. The molecule has 0 unspecified atom stereocenters. The van der Waals surface area contributed by atoms with Gasteiger partial charge in [-0.05, 0) is 38.6 Å². The van der Waals surface area contributed by atoms with Gasteiger partial charge in [-0.1, -0.05) is 12.1 Å². The summed E-state index contributed by atoms with van der Waals surface area (Å²) in [4.78, 5) is 17.1. The number of nitrogens with one attached hydrogen (secondary N) is 1. The topological polar surface area (TPSA) is 61.6 Å². The highest BCUT2D eigenvalue weighted by Gasteiger charge is 2.20. The Bertz CT molecular complexity index is 507. The monoisotopic (exact) mass is 304 g/mol. The van der Waals surface area contributed by atoms with E-state index in [9.17, 15) is 4.79 Å². The second kappa shape index (κ2) is 7.22. The van der Waals surface area contributed by atoms with Gasteiger partial charge < -0.3 is 16.0 Å². The fourth-order valence-electron chi connectivity index (χ4n) is 2.51. The largest absolute Gasteiger partial charge is 0.346 e. The summed E-state index contributed by atoms with van der Waals surface area (Å²) < 4.78 is 0. The van der Waals surface area contributed by atoms with E-state index in [0.717, 1.165) is 32.7 Å². The summed E-state index contributed by atoms with van der Waals surface area (Å²) in [5.74, 6) is -0.0596. The molecule has 1 aliphatic rings. The Balaban J connectivity index is 1.99. The van der Waals surface area contributed by atoms with Crippen LogP contribution in [0.4, 0.5) is 0 Å². The molecule has 0 spiro atoms. The quantitative estimate of drug-likeness (QED) is 0.848. The van der Waals surface area contributed by atoms with Crippen LogP contribution in [0, 0.1) is 0 Å². The molecule has 1 aromatic rings. The number of hydrogen-bond donors (Lipinski definition) is 2. The zero-order valence-electron chi connectivity index (χ0n) is 13.9. The molecule has 1 saturated heterocycles. The number of nitrogens with two attached hydrogens (primary N) is 1. The molecule has 5 nitrogen and oxygen atoms in total. The lowest BCUT2D eigenvalue weighted by molar-refractivity contribution is 0.0915. The Morgan fingerprint density at radius 1 is 1.27 bits per heavy atom. The minimum atomic E-state index is -0.384. The van der Waals surface area contributed by atoms with Crippen molar-refractivity contribution in [3.63, 3.8) is 0 Å². The predicted molar refractivity (Wildman–Crippen MR) is 89.8 cm³/mol. The number of hydrogen-bond acceptors (Lipinski definition) is 4. The van der Waals surface area contributed by atoms with Crippen molar-refractivity contribution in [1.29, 1.82) is 0 Å². The highest BCUT2D eigenvalue weighted by molar-refractivity contribution is 5.94. The summed E-state index contributed by atoms with van der Waals surface area (Å²) >= 11 is 0. The Morgan fingerprint density at radius 2 is 1.95 bits per heavy atom. The van der Waals surface area contributed by atoms with E-state index < -0.39 is 0 Å². The number of carbonyl (C=O) groups is 1. The molecule has 0 aliphatic carbocycles. The first kappa shape index (κ1) is 16.9. The van der Waals surface area contributed by atoms with E-state index in [4.69, 9.17) is 5.73 Å². The van der Waals surface area contributed by atoms with Crippen molar-refractivity contribution in [3.05, 3.63) is 35.4 Å². The molecule has 1 fully saturated rings. The minimum Gasteiger partial charge on any atom is -0.346 e. The molecule has 0 aromatic heterocycles. The highest BCUT2D eigenvalue weighted by Crippen LogP contribution is 2.11. The molecule has 1 aliphatic heterocycles. The van der Waals surface area contributed by atoms with Gasteiger partial charge in [-0.25, -0.2) is 0 Å². The number of benzene rings is 1. The maximum absolute atomic E-state index is 12.3. The lowest BCUT2D eigenvalue weighted by Crippen LogP contribution is -2.48. The molecule has 0 saturated carbocycles. The van der Waals surface area contributed by atoms with Crippen molar-refractivity contribution >= 4 is 5.91 Å². The Kier molecular flexibility index (Phi) is 5.56. The summed E-state index contributed by atoms with van der Waals surface area (Å²) in [5, 5.41) is 2.97. The fourth-order valence-corrected chi connectivity index (χ4v) is 2.51. The van der Waals surface area contributed by atoms with Crippen molar-refractivity contribution in [1.82, 2.24) is 15.1 Å². The van der Waals surface area contributed by atoms with Crippen LogP contribution in [0.5, 0.6) is 0 Å². The molecule has 3 N–H and O–H groups in total. The maximum Gasteiger partial charge on any atom is 0.251 e. The number of nitrogens with zero attached hydrogens (tertiary/aromatic N) is 2. The van der Waals surface area contributed by atoms with Gasteiger partial charge in [0, 0.05) is 50.4 Å². The van der Waals surface area contributed by atoms with Gasteiger partial charge in [0.25, 0.3) is 5.91 Å². The summed E-state index contributed by atoms with van der Waals surface area (Å²) in [6, 6.07) is 7.88. The van der Waals surface area contributed by atoms with Crippen LogP contribution in [-0.2, 0) is 6.54 Å². The Labute approximate surface area is 133 Å². The predicted octanol–water partition coefficient (Wildman–Crippen LogP) is 0.901. The van der Waals surface area contributed by atoms with Crippen LogP contribution >= 0.6 is 0 Å². The number of rotatable bonds is 5. The second-order valence-electron chi connectivity index (χ2n) is 6.82. The molecule has 0 atom stereocenters. The minimum absolute atomic E-state index is 0.0596. The van der Waals surface area contributed by atoms with Gasteiger partial charge in [-0.2, -0.15) is 0 Å². The first-order valence-corrected chi connectivity index (χ1v) is 7.92. The highest BCUT2D eigenvalue weighted by atomic mass is 16.1. The Hall–Kier alpha value is -1.43. The number of piperazine rings is 1. The molecule has 0 bridgehead atoms.